The lowest BCUT2D eigenvalue weighted by atomic mass is 9.93. The zero-order valence-electron chi connectivity index (χ0n) is 8.40. The second-order valence-electron chi connectivity index (χ2n) is 3.76. The molecular formula is C10H13N3OS. The highest BCUT2D eigenvalue weighted by Gasteiger charge is 2.48. The summed E-state index contributed by atoms with van der Waals surface area (Å²) in [5, 5.41) is 0. The number of hydrogen-bond donors (Lipinski definition) is 1. The monoisotopic (exact) mass is 223 g/mol. The number of hydrogen-bond acceptors (Lipinski definition) is 3. The van der Waals surface area contributed by atoms with Crippen molar-refractivity contribution in [1.29, 1.82) is 0 Å². The third-order valence-electron chi connectivity index (χ3n) is 2.91. The van der Waals surface area contributed by atoms with Crippen molar-refractivity contribution in [3.8, 4) is 12.3 Å². The maximum Gasteiger partial charge on any atom is 0.346 e. The summed E-state index contributed by atoms with van der Waals surface area (Å²) in [5.41, 5.74) is 5.46. The number of terminal acetylenes is 1. The van der Waals surface area contributed by atoms with Crippen molar-refractivity contribution in [3.05, 3.63) is 0 Å². The molecule has 0 aromatic heterocycles. The number of carbonyl (C=O) groups is 1. The van der Waals surface area contributed by atoms with Crippen LogP contribution in [0, 0.1) is 12.3 Å². The van der Waals surface area contributed by atoms with Gasteiger partial charge in [-0.05, 0) is 18.6 Å². The minimum atomic E-state index is -0.396. The van der Waals surface area contributed by atoms with Crippen LogP contribution in [0.4, 0.5) is 4.79 Å². The van der Waals surface area contributed by atoms with Crippen molar-refractivity contribution in [2.45, 2.75) is 18.4 Å². The third-order valence-corrected chi connectivity index (χ3v) is 4.17. The molecule has 0 aliphatic carbocycles. The van der Waals surface area contributed by atoms with Crippen molar-refractivity contribution in [2.24, 2.45) is 10.7 Å². The van der Waals surface area contributed by atoms with Crippen LogP contribution in [-0.2, 0) is 0 Å². The van der Waals surface area contributed by atoms with Gasteiger partial charge in [0.25, 0.3) is 0 Å². The van der Waals surface area contributed by atoms with Crippen LogP contribution in [0.15, 0.2) is 4.99 Å². The first-order valence-corrected chi connectivity index (χ1v) is 6.03. The minimum absolute atomic E-state index is 0.284. The highest BCUT2D eigenvalue weighted by atomic mass is 32.2. The van der Waals surface area contributed by atoms with Crippen molar-refractivity contribution in [1.82, 2.24) is 4.90 Å². The van der Waals surface area contributed by atoms with Gasteiger partial charge in [-0.3, -0.25) is 4.90 Å². The number of aliphatic imine (C=N–C) groups is 1. The van der Waals surface area contributed by atoms with E-state index in [1.807, 2.05) is 0 Å². The second-order valence-corrected chi connectivity index (χ2v) is 4.86. The Kier molecular flexibility index (Phi) is 2.61. The molecule has 1 saturated heterocycles. The summed E-state index contributed by atoms with van der Waals surface area (Å²) < 4.78 is 0. The predicted molar refractivity (Wildman–Crippen MR) is 61.8 cm³/mol. The molecule has 1 fully saturated rings. The number of carbonyl (C=O) groups excluding carboxylic acids is 1. The largest absolute Gasteiger partial charge is 0.385 e. The molecule has 2 aliphatic heterocycles. The Morgan fingerprint density at radius 3 is 3.13 bits per heavy atom. The highest BCUT2D eigenvalue weighted by Crippen LogP contribution is 2.35. The van der Waals surface area contributed by atoms with E-state index in [2.05, 4.69) is 10.9 Å². The van der Waals surface area contributed by atoms with Crippen LogP contribution in [-0.4, -0.2) is 40.4 Å². The summed E-state index contributed by atoms with van der Waals surface area (Å²) >= 11 is 1.80. The fourth-order valence-electron chi connectivity index (χ4n) is 2.09. The molecule has 2 amide bonds. The Bertz CT molecular complexity index is 352. The number of amidine groups is 1. The molecule has 2 N–H and O–H groups in total. The topological polar surface area (TPSA) is 58.7 Å². The second kappa shape index (κ2) is 3.78. The molecule has 15 heavy (non-hydrogen) atoms. The number of amides is 2. The molecule has 2 aliphatic rings. The molecule has 2 heterocycles. The molecule has 2 rings (SSSR count). The van der Waals surface area contributed by atoms with Gasteiger partial charge in [-0.2, -0.15) is 16.8 Å². The molecule has 80 valence electrons. The van der Waals surface area contributed by atoms with Crippen molar-refractivity contribution >= 4 is 23.6 Å². The molecule has 4 nitrogen and oxygen atoms in total. The van der Waals surface area contributed by atoms with Gasteiger partial charge in [0.05, 0.1) is 6.54 Å². The van der Waals surface area contributed by atoms with Gasteiger partial charge in [-0.15, -0.1) is 6.42 Å². The molecule has 0 aromatic carbocycles. The number of rotatable bonds is 1. The van der Waals surface area contributed by atoms with Gasteiger partial charge in [0, 0.05) is 5.75 Å². The SMILES string of the molecule is C#CCN1C(=O)N=C(N)C12CCCSC2. The molecule has 0 saturated carbocycles. The van der Waals surface area contributed by atoms with Gasteiger partial charge in [-0.25, -0.2) is 4.79 Å². The Morgan fingerprint density at radius 1 is 1.73 bits per heavy atom. The van der Waals surface area contributed by atoms with Gasteiger partial charge in [0.2, 0.25) is 0 Å². The fraction of sp³-hybridized carbons (Fsp3) is 0.600. The van der Waals surface area contributed by atoms with Crippen molar-refractivity contribution in [3.63, 3.8) is 0 Å². The fourth-order valence-corrected chi connectivity index (χ4v) is 3.37. The Labute approximate surface area is 93.3 Å². The maximum atomic E-state index is 11.6. The molecule has 1 atom stereocenters. The van der Waals surface area contributed by atoms with Crippen LogP contribution >= 0.6 is 11.8 Å². The summed E-state index contributed by atoms with van der Waals surface area (Å²) in [4.78, 5) is 17.1. The summed E-state index contributed by atoms with van der Waals surface area (Å²) in [6, 6.07) is -0.284. The molecule has 0 bridgehead atoms. The zero-order chi connectivity index (χ0) is 10.9. The van der Waals surface area contributed by atoms with Gasteiger partial charge in [0.1, 0.15) is 11.4 Å². The van der Waals surface area contributed by atoms with E-state index in [1.165, 1.54) is 0 Å². The van der Waals surface area contributed by atoms with E-state index in [0.29, 0.717) is 12.4 Å². The van der Waals surface area contributed by atoms with Gasteiger partial charge < -0.3 is 5.73 Å². The van der Waals surface area contributed by atoms with Crippen LogP contribution in [0.3, 0.4) is 0 Å². The van der Waals surface area contributed by atoms with Gasteiger partial charge in [-0.1, -0.05) is 5.92 Å². The van der Waals surface area contributed by atoms with Crippen LogP contribution in [0.1, 0.15) is 12.8 Å². The first-order valence-electron chi connectivity index (χ1n) is 4.88. The average molecular weight is 223 g/mol. The lowest BCUT2D eigenvalue weighted by Gasteiger charge is -2.39. The summed E-state index contributed by atoms with van der Waals surface area (Å²) in [7, 11) is 0. The number of nitrogens with two attached hydrogens (primary N) is 1. The van der Waals surface area contributed by atoms with E-state index < -0.39 is 5.54 Å². The maximum absolute atomic E-state index is 11.6. The molecular weight excluding hydrogens is 210 g/mol. The van der Waals surface area contributed by atoms with Crippen LogP contribution < -0.4 is 5.73 Å². The molecule has 0 radical (unpaired) electrons. The molecule has 0 aromatic rings. The number of urea groups is 1. The zero-order valence-corrected chi connectivity index (χ0v) is 9.22. The number of thioether (sulfide) groups is 1. The standard InChI is InChI=1S/C10H13N3OS/c1-2-5-13-9(14)12-8(11)10(13)4-3-6-15-7-10/h1H,3-7H2,(H2,11,12,14). The quantitative estimate of drug-likeness (QED) is 0.665. The predicted octanol–water partition coefficient (Wildman–Crippen LogP) is 0.678. The Morgan fingerprint density at radius 2 is 2.53 bits per heavy atom. The summed E-state index contributed by atoms with van der Waals surface area (Å²) in [5.74, 6) is 4.87. The molecule has 1 spiro atoms. The molecule has 5 heteroatoms. The summed E-state index contributed by atoms with van der Waals surface area (Å²) in [6.45, 7) is 0.295. The van der Waals surface area contributed by atoms with Crippen LogP contribution in [0.2, 0.25) is 0 Å². The Hall–Kier alpha value is -1.15. The minimum Gasteiger partial charge on any atom is -0.385 e. The van der Waals surface area contributed by atoms with E-state index >= 15 is 0 Å². The van der Waals surface area contributed by atoms with Crippen LogP contribution in [0.5, 0.6) is 0 Å². The average Bonchev–Trinajstić information content (AvgIpc) is 2.45. The smallest absolute Gasteiger partial charge is 0.346 e. The normalized spacial score (nSPS) is 30.5. The van der Waals surface area contributed by atoms with Gasteiger partial charge in [0.15, 0.2) is 0 Å². The van der Waals surface area contributed by atoms with Crippen molar-refractivity contribution < 1.29 is 4.79 Å². The van der Waals surface area contributed by atoms with Crippen molar-refractivity contribution in [2.75, 3.05) is 18.1 Å². The van der Waals surface area contributed by atoms with Gasteiger partial charge >= 0.3 is 6.03 Å². The van der Waals surface area contributed by atoms with E-state index in [-0.39, 0.29) is 6.03 Å². The third kappa shape index (κ3) is 1.49. The lowest BCUT2D eigenvalue weighted by molar-refractivity contribution is 0.184. The summed E-state index contributed by atoms with van der Waals surface area (Å²) in [6.07, 6.45) is 7.19. The van der Waals surface area contributed by atoms with E-state index in [0.717, 1.165) is 24.3 Å². The van der Waals surface area contributed by atoms with E-state index in [9.17, 15) is 4.79 Å². The first-order chi connectivity index (χ1) is 7.20. The Balaban J connectivity index is 2.30. The lowest BCUT2D eigenvalue weighted by Crippen LogP contribution is -2.57. The highest BCUT2D eigenvalue weighted by molar-refractivity contribution is 7.99. The first kappa shape index (κ1) is 10.4. The van der Waals surface area contributed by atoms with Crippen LogP contribution in [0.25, 0.3) is 0 Å². The van der Waals surface area contributed by atoms with E-state index in [4.69, 9.17) is 12.2 Å². The molecule has 1 unspecified atom stereocenters. The van der Waals surface area contributed by atoms with E-state index in [1.54, 1.807) is 16.7 Å². The number of nitrogens with zero attached hydrogens (tertiary/aromatic N) is 2.